The molecule has 0 saturated carbocycles. The summed E-state index contributed by atoms with van der Waals surface area (Å²) in [6.07, 6.45) is 6.49. The molecule has 0 aromatic carbocycles. The number of amides is 2. The Morgan fingerprint density at radius 1 is 1.40 bits per heavy atom. The van der Waals surface area contributed by atoms with Crippen LogP contribution in [0, 0.1) is 11.8 Å². The fourth-order valence-electron chi connectivity index (χ4n) is 5.63. The fraction of sp³-hybridized carbons (Fsp3) is 0.773. The average molecular weight is 439 g/mol. The molecule has 3 fully saturated rings. The van der Waals surface area contributed by atoms with Gasteiger partial charge in [-0.3, -0.25) is 14.4 Å². The number of nitrogens with zero attached hydrogens (tertiary/aromatic N) is 2. The lowest BCUT2D eigenvalue weighted by Crippen LogP contribution is -2.57. The van der Waals surface area contributed by atoms with Crippen LogP contribution in [0.15, 0.2) is 12.7 Å². The number of likely N-dealkylation sites (tertiary alicyclic amines) is 1. The molecule has 3 saturated heterocycles. The molecule has 7 nitrogen and oxygen atoms in total. The average Bonchev–Trinajstić information content (AvgIpc) is 3.36. The molecule has 2 N–H and O–H groups in total. The smallest absolute Gasteiger partial charge is 0.308 e. The van der Waals surface area contributed by atoms with Crippen molar-refractivity contribution in [2.45, 2.75) is 74.5 Å². The molecule has 3 heterocycles. The van der Waals surface area contributed by atoms with E-state index in [1.807, 2.05) is 6.92 Å². The second-order valence-corrected chi connectivity index (χ2v) is 10.3. The van der Waals surface area contributed by atoms with E-state index in [4.69, 9.17) is 0 Å². The van der Waals surface area contributed by atoms with Crippen LogP contribution in [0.4, 0.5) is 0 Å². The van der Waals surface area contributed by atoms with Crippen LogP contribution in [0.2, 0.25) is 0 Å². The summed E-state index contributed by atoms with van der Waals surface area (Å²) in [7, 11) is 0. The predicted molar refractivity (Wildman–Crippen MR) is 116 cm³/mol. The number of carbonyl (C=O) groups is 3. The number of hydrogen-bond acceptors (Lipinski definition) is 5. The first-order valence-corrected chi connectivity index (χ1v) is 12.0. The molecule has 0 radical (unpaired) electrons. The maximum Gasteiger partial charge on any atom is 0.308 e. The van der Waals surface area contributed by atoms with Crippen LogP contribution in [0.25, 0.3) is 0 Å². The van der Waals surface area contributed by atoms with Crippen LogP contribution in [-0.2, 0) is 14.4 Å². The number of thioether (sulfide) groups is 1. The maximum atomic E-state index is 13.9. The summed E-state index contributed by atoms with van der Waals surface area (Å²) in [5.74, 6) is -2.82. The Morgan fingerprint density at radius 2 is 2.13 bits per heavy atom. The summed E-state index contributed by atoms with van der Waals surface area (Å²) in [6, 6.07) is -1.21. The maximum absolute atomic E-state index is 13.9. The summed E-state index contributed by atoms with van der Waals surface area (Å²) < 4.78 is -0.714. The van der Waals surface area contributed by atoms with Gasteiger partial charge in [-0.15, -0.1) is 18.3 Å². The Balaban J connectivity index is 2.01. The normalized spacial score (nSPS) is 32.9. The molecule has 0 aromatic rings. The third-order valence-corrected chi connectivity index (χ3v) is 8.98. The highest BCUT2D eigenvalue weighted by Crippen LogP contribution is 2.66. The monoisotopic (exact) mass is 438 g/mol. The van der Waals surface area contributed by atoms with Gasteiger partial charge in [0.05, 0.1) is 29.2 Å². The lowest BCUT2D eigenvalue weighted by Gasteiger charge is -2.39. The van der Waals surface area contributed by atoms with Gasteiger partial charge in [-0.2, -0.15) is 0 Å². The van der Waals surface area contributed by atoms with Crippen molar-refractivity contribution < 1.29 is 24.6 Å². The topological polar surface area (TPSA) is 98.2 Å². The number of hydrogen-bond donors (Lipinski definition) is 2. The van der Waals surface area contributed by atoms with E-state index in [0.29, 0.717) is 32.4 Å². The largest absolute Gasteiger partial charge is 0.481 e. The SMILES string of the molecule is C=CCN(CCCCC)C(=O)C1N([C@@H](CC)CO)C(=O)[C@@H]2[C@@H](C(=O)O)[C@H]3CCC12S3. The number of aliphatic carboxylic acids is 1. The molecule has 3 rings (SSSR count). The number of carboxylic acids is 1. The first-order valence-electron chi connectivity index (χ1n) is 11.1. The van der Waals surface area contributed by atoms with Gasteiger partial charge in [-0.25, -0.2) is 0 Å². The molecule has 6 atom stereocenters. The third kappa shape index (κ3) is 3.55. The molecule has 2 bridgehead atoms. The molecule has 0 aromatic heterocycles. The van der Waals surface area contributed by atoms with Crippen molar-refractivity contribution in [2.24, 2.45) is 11.8 Å². The van der Waals surface area contributed by atoms with Crippen molar-refractivity contribution in [3.05, 3.63) is 12.7 Å². The summed E-state index contributed by atoms with van der Waals surface area (Å²) in [5, 5.41) is 19.7. The number of carbonyl (C=O) groups excluding carboxylic acids is 2. The molecule has 2 amide bonds. The van der Waals surface area contributed by atoms with Crippen molar-refractivity contribution in [3.8, 4) is 0 Å². The second-order valence-electron chi connectivity index (χ2n) is 8.66. The highest BCUT2D eigenvalue weighted by Gasteiger charge is 2.74. The predicted octanol–water partition coefficient (Wildman–Crippen LogP) is 2.14. The van der Waals surface area contributed by atoms with Gasteiger partial charge in [0.2, 0.25) is 11.8 Å². The van der Waals surface area contributed by atoms with E-state index in [9.17, 15) is 24.6 Å². The zero-order chi connectivity index (χ0) is 22.1. The zero-order valence-electron chi connectivity index (χ0n) is 18.0. The number of fused-ring (bicyclic) bond motifs is 1. The Morgan fingerprint density at radius 3 is 2.70 bits per heavy atom. The number of unbranched alkanes of at least 4 members (excludes halogenated alkanes) is 2. The van der Waals surface area contributed by atoms with Crippen LogP contribution in [0.1, 0.15) is 52.4 Å². The zero-order valence-corrected chi connectivity index (χ0v) is 18.8. The summed E-state index contributed by atoms with van der Waals surface area (Å²) in [4.78, 5) is 42.8. The molecule has 168 valence electrons. The minimum Gasteiger partial charge on any atom is -0.481 e. The van der Waals surface area contributed by atoms with Crippen molar-refractivity contribution in [1.29, 1.82) is 0 Å². The molecular weight excluding hydrogens is 404 g/mol. The summed E-state index contributed by atoms with van der Waals surface area (Å²) in [6.45, 7) is 8.52. The van der Waals surface area contributed by atoms with Gasteiger partial charge < -0.3 is 20.0 Å². The number of aliphatic hydroxyl groups is 1. The third-order valence-electron chi connectivity index (χ3n) is 7.03. The van der Waals surface area contributed by atoms with Crippen LogP contribution in [0.5, 0.6) is 0 Å². The van der Waals surface area contributed by atoms with Gasteiger partial charge in [-0.05, 0) is 25.7 Å². The van der Waals surface area contributed by atoms with Gasteiger partial charge >= 0.3 is 5.97 Å². The second kappa shape index (κ2) is 9.30. The van der Waals surface area contributed by atoms with Gasteiger partial charge in [-0.1, -0.05) is 32.8 Å². The standard InChI is InChI=1S/C22H34N2O5S/c1-4-7-8-12-23(11-5-2)20(27)18-22-10-9-15(30-22)16(21(28)29)17(22)19(26)24(18)14(6-3)13-25/h5,14-18,25H,2,4,6-13H2,1,3H3,(H,28,29)/t14-,15+,16-,17-,18?,22?/m0/s1. The van der Waals surface area contributed by atoms with E-state index in [-0.39, 0.29) is 23.7 Å². The van der Waals surface area contributed by atoms with Crippen LogP contribution < -0.4 is 0 Å². The fourth-order valence-corrected chi connectivity index (χ4v) is 7.82. The van der Waals surface area contributed by atoms with Crippen LogP contribution in [0.3, 0.4) is 0 Å². The molecule has 8 heteroatoms. The van der Waals surface area contributed by atoms with Gasteiger partial charge in [0.15, 0.2) is 0 Å². The van der Waals surface area contributed by atoms with E-state index in [1.165, 1.54) is 11.8 Å². The lowest BCUT2D eigenvalue weighted by atomic mass is 9.71. The molecule has 3 aliphatic heterocycles. The van der Waals surface area contributed by atoms with E-state index < -0.39 is 34.6 Å². The molecule has 0 aliphatic carbocycles. The summed E-state index contributed by atoms with van der Waals surface area (Å²) in [5.41, 5.74) is 0. The highest BCUT2D eigenvalue weighted by atomic mass is 32.2. The number of carboxylic acid groups (broad SMARTS) is 1. The first-order chi connectivity index (χ1) is 14.4. The molecule has 3 aliphatic rings. The van der Waals surface area contributed by atoms with Crippen LogP contribution in [-0.4, -0.2) is 79.6 Å². The van der Waals surface area contributed by atoms with Crippen molar-refractivity contribution in [1.82, 2.24) is 9.80 Å². The first kappa shape index (κ1) is 23.1. The number of rotatable bonds is 11. The van der Waals surface area contributed by atoms with E-state index in [0.717, 1.165) is 19.3 Å². The number of aliphatic hydroxyl groups excluding tert-OH is 1. The van der Waals surface area contributed by atoms with Crippen LogP contribution >= 0.6 is 11.8 Å². The van der Waals surface area contributed by atoms with Crippen molar-refractivity contribution in [2.75, 3.05) is 19.7 Å². The van der Waals surface area contributed by atoms with Crippen molar-refractivity contribution >= 4 is 29.5 Å². The molecule has 2 unspecified atom stereocenters. The van der Waals surface area contributed by atoms with Gasteiger partial charge in [0, 0.05) is 18.3 Å². The summed E-state index contributed by atoms with van der Waals surface area (Å²) >= 11 is 1.53. The Labute approximate surface area is 182 Å². The lowest BCUT2D eigenvalue weighted by molar-refractivity contribution is -0.149. The highest BCUT2D eigenvalue weighted by molar-refractivity contribution is 8.02. The van der Waals surface area contributed by atoms with Crippen molar-refractivity contribution in [3.63, 3.8) is 0 Å². The quantitative estimate of drug-likeness (QED) is 0.379. The Bertz CT molecular complexity index is 697. The Hall–Kier alpha value is -1.54. The molecule has 1 spiro atoms. The van der Waals surface area contributed by atoms with E-state index in [1.54, 1.807) is 15.9 Å². The van der Waals surface area contributed by atoms with E-state index >= 15 is 0 Å². The Kier molecular flexibility index (Phi) is 7.17. The van der Waals surface area contributed by atoms with Gasteiger partial charge in [0.25, 0.3) is 0 Å². The van der Waals surface area contributed by atoms with E-state index in [2.05, 4.69) is 13.5 Å². The molecular formula is C22H34N2O5S. The minimum absolute atomic E-state index is 0.129. The molecule has 30 heavy (non-hydrogen) atoms. The van der Waals surface area contributed by atoms with Gasteiger partial charge in [0.1, 0.15) is 6.04 Å². The minimum atomic E-state index is -0.955.